The minimum atomic E-state index is -0.485. The summed E-state index contributed by atoms with van der Waals surface area (Å²) in [5.74, 6) is -0.813. The number of hydrogen-bond donors (Lipinski definition) is 1. The number of esters is 1. The lowest BCUT2D eigenvalue weighted by atomic mass is 10.3. The summed E-state index contributed by atoms with van der Waals surface area (Å²) in [7, 11) is 2.95. The highest BCUT2D eigenvalue weighted by Gasteiger charge is 2.14. The molecule has 0 unspecified atom stereocenters. The number of amides is 1. The highest BCUT2D eigenvalue weighted by Crippen LogP contribution is 2.07. The van der Waals surface area contributed by atoms with E-state index in [1.165, 1.54) is 17.9 Å². The van der Waals surface area contributed by atoms with Crippen LogP contribution in [0.5, 0.6) is 0 Å². The fourth-order valence-corrected chi connectivity index (χ4v) is 2.49. The molecule has 10 nitrogen and oxygen atoms in total. The van der Waals surface area contributed by atoms with Crippen LogP contribution in [0.25, 0.3) is 11.2 Å². The van der Waals surface area contributed by atoms with Crippen molar-refractivity contribution in [2.45, 2.75) is 32.7 Å². The maximum Gasteiger partial charge on any atom is 0.332 e. The Hall–Kier alpha value is -2.91. The molecule has 0 saturated carbocycles. The van der Waals surface area contributed by atoms with Crippen molar-refractivity contribution < 1.29 is 14.3 Å². The summed E-state index contributed by atoms with van der Waals surface area (Å²) < 4.78 is 8.83. The normalized spacial score (nSPS) is 10.9. The molecule has 0 aliphatic carbocycles. The summed E-state index contributed by atoms with van der Waals surface area (Å²) in [4.78, 5) is 51.4. The Kier molecular flexibility index (Phi) is 6.31. The van der Waals surface area contributed by atoms with Crippen LogP contribution < -0.4 is 16.6 Å². The van der Waals surface area contributed by atoms with Gasteiger partial charge in [-0.25, -0.2) is 9.78 Å². The van der Waals surface area contributed by atoms with Crippen molar-refractivity contribution in [3.63, 3.8) is 0 Å². The van der Waals surface area contributed by atoms with E-state index in [0.29, 0.717) is 30.7 Å². The zero-order valence-corrected chi connectivity index (χ0v) is 15.2. The van der Waals surface area contributed by atoms with Crippen LogP contribution in [0.3, 0.4) is 0 Å². The van der Waals surface area contributed by atoms with Gasteiger partial charge in [0.15, 0.2) is 17.8 Å². The molecule has 0 aromatic carbocycles. The third-order valence-electron chi connectivity index (χ3n) is 3.93. The van der Waals surface area contributed by atoms with Crippen LogP contribution in [0.1, 0.15) is 26.2 Å². The Morgan fingerprint density at radius 2 is 1.96 bits per heavy atom. The predicted molar refractivity (Wildman–Crippen MR) is 93.7 cm³/mol. The lowest BCUT2D eigenvalue weighted by Gasteiger charge is -2.07. The fraction of sp³-hybridized carbons (Fsp3) is 0.562. The van der Waals surface area contributed by atoms with E-state index in [4.69, 9.17) is 4.74 Å². The van der Waals surface area contributed by atoms with Gasteiger partial charge in [-0.2, -0.15) is 0 Å². The molecule has 0 saturated heterocycles. The first kappa shape index (κ1) is 19.4. The van der Waals surface area contributed by atoms with Gasteiger partial charge in [-0.3, -0.25) is 23.5 Å². The lowest BCUT2D eigenvalue weighted by Crippen LogP contribution is -2.37. The highest BCUT2D eigenvalue weighted by molar-refractivity contribution is 5.80. The van der Waals surface area contributed by atoms with Gasteiger partial charge in [0.1, 0.15) is 0 Å². The van der Waals surface area contributed by atoms with E-state index in [1.54, 1.807) is 11.6 Å². The molecule has 26 heavy (non-hydrogen) atoms. The van der Waals surface area contributed by atoms with E-state index >= 15 is 0 Å². The molecule has 0 aliphatic heterocycles. The standard InChI is InChI=1S/C16H23N5O5/c1-4-7-17-11(22)9-26-12(23)6-5-8-21-10-18-14-13(21)15(24)20(3)16(25)19(14)2/h10H,4-9H2,1-3H3,(H,17,22). The molecule has 0 radical (unpaired) electrons. The number of hydrogen-bond acceptors (Lipinski definition) is 6. The van der Waals surface area contributed by atoms with E-state index in [9.17, 15) is 19.2 Å². The minimum Gasteiger partial charge on any atom is -0.456 e. The molecule has 1 N–H and O–H groups in total. The van der Waals surface area contributed by atoms with E-state index in [2.05, 4.69) is 10.3 Å². The topological polar surface area (TPSA) is 117 Å². The Morgan fingerprint density at radius 3 is 2.65 bits per heavy atom. The van der Waals surface area contributed by atoms with E-state index in [1.807, 2.05) is 6.92 Å². The van der Waals surface area contributed by atoms with E-state index < -0.39 is 17.2 Å². The second-order valence-electron chi connectivity index (χ2n) is 5.93. The lowest BCUT2D eigenvalue weighted by molar-refractivity contribution is -0.148. The third-order valence-corrected chi connectivity index (χ3v) is 3.93. The molecule has 0 atom stereocenters. The Balaban J connectivity index is 1.95. The van der Waals surface area contributed by atoms with Crippen LogP contribution in [0.15, 0.2) is 15.9 Å². The predicted octanol–water partition coefficient (Wildman–Crippen LogP) is -0.717. The Morgan fingerprint density at radius 1 is 1.23 bits per heavy atom. The smallest absolute Gasteiger partial charge is 0.332 e. The average molecular weight is 365 g/mol. The largest absolute Gasteiger partial charge is 0.456 e. The highest BCUT2D eigenvalue weighted by atomic mass is 16.5. The van der Waals surface area contributed by atoms with Gasteiger partial charge in [0.05, 0.1) is 6.33 Å². The number of ether oxygens (including phenoxy) is 1. The quantitative estimate of drug-likeness (QED) is 0.617. The number of nitrogens with one attached hydrogen (secondary N) is 1. The van der Waals surface area contributed by atoms with E-state index in [0.717, 1.165) is 11.0 Å². The van der Waals surface area contributed by atoms with Gasteiger partial charge in [0.25, 0.3) is 11.5 Å². The van der Waals surface area contributed by atoms with E-state index in [-0.39, 0.29) is 18.9 Å². The number of aromatic nitrogens is 4. The number of imidazole rings is 1. The molecule has 0 spiro atoms. The van der Waals surface area contributed by atoms with Crippen molar-refractivity contribution in [2.24, 2.45) is 14.1 Å². The van der Waals surface area contributed by atoms with Crippen molar-refractivity contribution in [1.29, 1.82) is 0 Å². The van der Waals surface area contributed by atoms with Crippen molar-refractivity contribution in [3.8, 4) is 0 Å². The molecular weight excluding hydrogens is 342 g/mol. The molecule has 10 heteroatoms. The first-order chi connectivity index (χ1) is 12.4. The van der Waals surface area contributed by atoms with Crippen molar-refractivity contribution in [3.05, 3.63) is 27.2 Å². The monoisotopic (exact) mass is 365 g/mol. The fourth-order valence-electron chi connectivity index (χ4n) is 2.49. The third kappa shape index (κ3) is 4.19. The molecule has 2 heterocycles. The second kappa shape index (κ2) is 8.45. The second-order valence-corrected chi connectivity index (χ2v) is 5.93. The number of aryl methyl sites for hydroxylation is 2. The van der Waals surface area contributed by atoms with Crippen LogP contribution >= 0.6 is 0 Å². The summed E-state index contributed by atoms with van der Waals surface area (Å²) in [6.45, 7) is 2.54. The number of carbonyl (C=O) groups is 2. The average Bonchev–Trinajstić information content (AvgIpc) is 3.05. The van der Waals surface area contributed by atoms with Crippen LogP contribution in [0, 0.1) is 0 Å². The minimum absolute atomic E-state index is 0.104. The maximum absolute atomic E-state index is 12.3. The molecule has 2 rings (SSSR count). The van der Waals surface area contributed by atoms with Crippen LogP contribution in [0.2, 0.25) is 0 Å². The van der Waals surface area contributed by atoms with Crippen LogP contribution in [0.4, 0.5) is 0 Å². The Labute approximate surface area is 149 Å². The molecule has 2 aromatic heterocycles. The number of fused-ring (bicyclic) bond motifs is 1. The molecule has 0 aliphatic rings. The summed E-state index contributed by atoms with van der Waals surface area (Å²) >= 11 is 0. The SMILES string of the molecule is CCCNC(=O)COC(=O)CCCn1cnc2c1c(=O)n(C)c(=O)n2C. The first-order valence-electron chi connectivity index (χ1n) is 8.40. The van der Waals surface area contributed by atoms with Gasteiger partial charge in [0, 0.05) is 33.6 Å². The molecular formula is C16H23N5O5. The van der Waals surface area contributed by atoms with Gasteiger partial charge < -0.3 is 14.6 Å². The molecule has 2 aromatic rings. The number of nitrogens with zero attached hydrogens (tertiary/aromatic N) is 4. The van der Waals surface area contributed by atoms with Gasteiger partial charge in [-0.1, -0.05) is 6.92 Å². The van der Waals surface area contributed by atoms with Crippen molar-refractivity contribution >= 4 is 23.0 Å². The van der Waals surface area contributed by atoms with Crippen molar-refractivity contribution in [1.82, 2.24) is 24.0 Å². The zero-order valence-electron chi connectivity index (χ0n) is 15.2. The van der Waals surface area contributed by atoms with Gasteiger partial charge in [-0.15, -0.1) is 0 Å². The Bertz CT molecular complexity index is 923. The summed E-state index contributed by atoms with van der Waals surface area (Å²) in [5.41, 5.74) is -0.274. The summed E-state index contributed by atoms with van der Waals surface area (Å²) in [6, 6.07) is 0. The molecule has 0 fully saturated rings. The molecule has 142 valence electrons. The number of rotatable bonds is 8. The molecule has 1 amide bonds. The van der Waals surface area contributed by atoms with Gasteiger partial charge >= 0.3 is 11.7 Å². The van der Waals surface area contributed by atoms with Crippen LogP contribution in [-0.4, -0.2) is 43.7 Å². The number of carbonyl (C=O) groups excluding carboxylic acids is 2. The summed E-state index contributed by atoms with van der Waals surface area (Å²) in [6.07, 6.45) is 2.79. The van der Waals surface area contributed by atoms with Crippen LogP contribution in [-0.2, 0) is 35.0 Å². The summed E-state index contributed by atoms with van der Waals surface area (Å²) in [5, 5.41) is 2.61. The molecule has 0 bridgehead atoms. The zero-order chi connectivity index (χ0) is 19.3. The van der Waals surface area contributed by atoms with Crippen molar-refractivity contribution in [2.75, 3.05) is 13.2 Å². The maximum atomic E-state index is 12.3. The first-order valence-corrected chi connectivity index (χ1v) is 8.40. The van der Waals surface area contributed by atoms with Gasteiger partial charge in [-0.05, 0) is 12.8 Å². The van der Waals surface area contributed by atoms with Gasteiger partial charge in [0.2, 0.25) is 0 Å².